The van der Waals surface area contributed by atoms with Gasteiger partial charge in [-0.3, -0.25) is 15.1 Å². The van der Waals surface area contributed by atoms with E-state index < -0.39 is 0 Å². The lowest BCUT2D eigenvalue weighted by atomic mass is 10.1. The zero-order chi connectivity index (χ0) is 19.3. The van der Waals surface area contributed by atoms with Crippen molar-refractivity contribution < 1.29 is 4.79 Å². The smallest absolute Gasteiger partial charge is 0.279 e. The number of rotatable bonds is 6. The Morgan fingerprint density at radius 1 is 1.18 bits per heavy atom. The summed E-state index contributed by atoms with van der Waals surface area (Å²) in [4.78, 5) is 21.0. The molecule has 0 spiro atoms. The maximum atomic E-state index is 12.4. The Labute approximate surface area is 166 Å². The molecule has 0 aliphatic carbocycles. The van der Waals surface area contributed by atoms with Crippen LogP contribution in [0, 0.1) is 0 Å². The van der Waals surface area contributed by atoms with Gasteiger partial charge in [0.2, 0.25) is 0 Å². The highest BCUT2D eigenvalue weighted by Gasteiger charge is 2.14. The molecule has 7 nitrogen and oxygen atoms in total. The summed E-state index contributed by atoms with van der Waals surface area (Å²) in [5.41, 5.74) is 4.37. The molecule has 4 aromatic rings. The summed E-state index contributed by atoms with van der Waals surface area (Å²) in [7, 11) is 0. The molecule has 28 heavy (non-hydrogen) atoms. The minimum atomic E-state index is -0.334. The van der Waals surface area contributed by atoms with E-state index in [-0.39, 0.29) is 11.6 Å². The molecule has 3 heterocycles. The maximum Gasteiger partial charge on any atom is 0.279 e. The number of benzene rings is 1. The molecule has 0 bridgehead atoms. The lowest BCUT2D eigenvalue weighted by Gasteiger charge is -2.00. The van der Waals surface area contributed by atoms with Crippen molar-refractivity contribution >= 4 is 22.4 Å². The van der Waals surface area contributed by atoms with E-state index in [9.17, 15) is 4.79 Å². The zero-order valence-electron chi connectivity index (χ0n) is 15.2. The molecule has 0 atom stereocenters. The van der Waals surface area contributed by atoms with Crippen molar-refractivity contribution in [3.05, 3.63) is 77.2 Å². The van der Waals surface area contributed by atoms with Gasteiger partial charge in [-0.1, -0.05) is 42.5 Å². The first kappa shape index (κ1) is 18.0. The summed E-state index contributed by atoms with van der Waals surface area (Å²) in [6, 6.07) is 12.1. The molecule has 8 heteroatoms. The van der Waals surface area contributed by atoms with Crippen LogP contribution in [0.1, 0.15) is 28.5 Å². The summed E-state index contributed by atoms with van der Waals surface area (Å²) >= 11 is 1.38. The minimum absolute atomic E-state index is 0.243. The molecule has 0 saturated carbocycles. The number of aryl methyl sites for hydroxylation is 1. The molecule has 1 N–H and O–H groups in total. The highest BCUT2D eigenvalue weighted by Crippen LogP contribution is 2.25. The zero-order valence-corrected chi connectivity index (χ0v) is 16.1. The molecule has 140 valence electrons. The third kappa shape index (κ3) is 4.12. The number of aromatic nitrogens is 5. The number of hydrogen-bond donors (Lipinski definition) is 1. The average Bonchev–Trinajstić information content (AvgIpc) is 3.39. The Hall–Kier alpha value is -3.39. The Morgan fingerprint density at radius 3 is 2.79 bits per heavy atom. The van der Waals surface area contributed by atoms with Gasteiger partial charge in [-0.15, -0.1) is 16.4 Å². The fourth-order valence-corrected chi connectivity index (χ4v) is 3.41. The van der Waals surface area contributed by atoms with Gasteiger partial charge in [0, 0.05) is 23.3 Å². The number of carbonyl (C=O) groups is 1. The van der Waals surface area contributed by atoms with Gasteiger partial charge in [-0.2, -0.15) is 0 Å². The largest absolute Gasteiger partial charge is 0.296 e. The van der Waals surface area contributed by atoms with Gasteiger partial charge >= 0.3 is 0 Å². The predicted octanol–water partition coefficient (Wildman–Crippen LogP) is 3.66. The Kier molecular flexibility index (Phi) is 5.20. The maximum absolute atomic E-state index is 12.4. The summed E-state index contributed by atoms with van der Waals surface area (Å²) < 4.78 is 1.61. The predicted molar refractivity (Wildman–Crippen MR) is 108 cm³/mol. The van der Waals surface area contributed by atoms with Gasteiger partial charge < -0.3 is 0 Å². The molecule has 0 fully saturated rings. The van der Waals surface area contributed by atoms with E-state index in [1.807, 2.05) is 29.6 Å². The van der Waals surface area contributed by atoms with Crippen LogP contribution in [0.2, 0.25) is 0 Å². The van der Waals surface area contributed by atoms with Crippen molar-refractivity contribution in [2.24, 2.45) is 0 Å². The third-order valence-corrected chi connectivity index (χ3v) is 4.98. The summed E-state index contributed by atoms with van der Waals surface area (Å²) in [5.74, 6) is -0.334. The van der Waals surface area contributed by atoms with Crippen molar-refractivity contribution in [3.63, 3.8) is 0 Å². The third-order valence-electron chi connectivity index (χ3n) is 4.22. The number of thiazole rings is 1. The van der Waals surface area contributed by atoms with Crippen LogP contribution in [-0.2, 0) is 13.0 Å². The number of carbonyl (C=O) groups excluding carboxylic acids is 1. The first-order chi connectivity index (χ1) is 13.7. The van der Waals surface area contributed by atoms with Crippen LogP contribution in [0.25, 0.3) is 11.3 Å². The summed E-state index contributed by atoms with van der Waals surface area (Å²) in [5, 5.41) is 13.2. The topological polar surface area (TPSA) is 85.6 Å². The van der Waals surface area contributed by atoms with Crippen molar-refractivity contribution in [1.82, 2.24) is 25.0 Å². The average molecular weight is 390 g/mol. The van der Waals surface area contributed by atoms with E-state index in [0.717, 1.165) is 23.2 Å². The van der Waals surface area contributed by atoms with Crippen LogP contribution < -0.4 is 5.32 Å². The first-order valence-electron chi connectivity index (χ1n) is 8.86. The van der Waals surface area contributed by atoms with Gasteiger partial charge in [0.05, 0.1) is 18.4 Å². The fraction of sp³-hybridized carbons (Fsp3) is 0.150. The number of nitrogens with one attached hydrogen (secondary N) is 1. The summed E-state index contributed by atoms with van der Waals surface area (Å²) in [6.45, 7) is 2.63. The van der Waals surface area contributed by atoms with Gasteiger partial charge in [-0.05, 0) is 23.6 Å². The Morgan fingerprint density at radius 2 is 2.04 bits per heavy atom. The number of nitrogens with zero attached hydrogens (tertiary/aromatic N) is 5. The lowest BCUT2D eigenvalue weighted by molar-refractivity contribution is 0.102. The molecule has 0 radical (unpaired) electrons. The van der Waals surface area contributed by atoms with Gasteiger partial charge in [0.15, 0.2) is 10.8 Å². The molecule has 0 aliphatic heterocycles. The van der Waals surface area contributed by atoms with E-state index in [0.29, 0.717) is 11.7 Å². The van der Waals surface area contributed by atoms with Crippen LogP contribution in [0.15, 0.2) is 60.4 Å². The van der Waals surface area contributed by atoms with Crippen LogP contribution in [0.4, 0.5) is 5.13 Å². The van der Waals surface area contributed by atoms with E-state index in [4.69, 9.17) is 0 Å². The lowest BCUT2D eigenvalue weighted by Crippen LogP contribution is -2.12. The Bertz CT molecular complexity index is 1070. The van der Waals surface area contributed by atoms with Crippen LogP contribution in [0.3, 0.4) is 0 Å². The van der Waals surface area contributed by atoms with Crippen LogP contribution in [-0.4, -0.2) is 30.9 Å². The molecular weight excluding hydrogens is 372 g/mol. The first-order valence-corrected chi connectivity index (χ1v) is 9.74. The monoisotopic (exact) mass is 390 g/mol. The second-order valence-corrected chi connectivity index (χ2v) is 7.06. The fourth-order valence-electron chi connectivity index (χ4n) is 2.69. The highest BCUT2D eigenvalue weighted by atomic mass is 32.1. The molecule has 3 aromatic heterocycles. The molecule has 4 rings (SSSR count). The Balaban J connectivity index is 1.42. The van der Waals surface area contributed by atoms with E-state index in [1.54, 1.807) is 23.3 Å². The van der Waals surface area contributed by atoms with E-state index >= 15 is 0 Å². The minimum Gasteiger partial charge on any atom is -0.296 e. The molecule has 0 saturated heterocycles. The SMILES string of the molecule is CCc1ccc(-c2csc(NC(=O)c3cn(Cc4cccnc4)nn3)n2)cc1. The molecule has 0 unspecified atom stereocenters. The molecule has 1 amide bonds. The second kappa shape index (κ2) is 8.10. The molecule has 1 aromatic carbocycles. The second-order valence-electron chi connectivity index (χ2n) is 6.21. The molecule has 0 aliphatic rings. The summed E-state index contributed by atoms with van der Waals surface area (Å²) in [6.07, 6.45) is 6.08. The number of hydrogen-bond acceptors (Lipinski definition) is 6. The quantitative estimate of drug-likeness (QED) is 0.543. The number of amides is 1. The van der Waals surface area contributed by atoms with Crippen LogP contribution >= 0.6 is 11.3 Å². The van der Waals surface area contributed by atoms with E-state index in [1.165, 1.54) is 16.9 Å². The van der Waals surface area contributed by atoms with E-state index in [2.05, 4.69) is 44.7 Å². The van der Waals surface area contributed by atoms with Gasteiger partial charge in [0.25, 0.3) is 5.91 Å². The van der Waals surface area contributed by atoms with Gasteiger partial charge in [0.1, 0.15) is 0 Å². The van der Waals surface area contributed by atoms with Crippen molar-refractivity contribution in [2.45, 2.75) is 19.9 Å². The van der Waals surface area contributed by atoms with Crippen molar-refractivity contribution in [1.29, 1.82) is 0 Å². The van der Waals surface area contributed by atoms with Crippen LogP contribution in [0.5, 0.6) is 0 Å². The normalized spacial score (nSPS) is 10.8. The number of pyridine rings is 1. The van der Waals surface area contributed by atoms with Crippen molar-refractivity contribution in [2.75, 3.05) is 5.32 Å². The standard InChI is InChI=1S/C20H18N6OS/c1-2-14-5-7-16(8-6-14)18-13-28-20(22-18)23-19(27)17-12-26(25-24-17)11-15-4-3-9-21-10-15/h3-10,12-13H,2,11H2,1H3,(H,22,23,27). The highest BCUT2D eigenvalue weighted by molar-refractivity contribution is 7.14. The van der Waals surface area contributed by atoms with Gasteiger partial charge in [-0.25, -0.2) is 9.67 Å². The molecular formula is C20H18N6OS. The van der Waals surface area contributed by atoms with Crippen molar-refractivity contribution in [3.8, 4) is 11.3 Å². The number of anilines is 1.